The molecule has 0 aromatic heterocycles. The van der Waals surface area contributed by atoms with E-state index in [2.05, 4.69) is 18.7 Å². The molecule has 1 atom stereocenters. The molecule has 2 N–H and O–H groups in total. The molecule has 0 bridgehead atoms. The minimum absolute atomic E-state index is 0.323. The predicted molar refractivity (Wildman–Crippen MR) is 62.4 cm³/mol. The summed E-state index contributed by atoms with van der Waals surface area (Å²) in [7, 11) is 0. The van der Waals surface area contributed by atoms with Gasteiger partial charge in [-0.3, -0.25) is 4.90 Å². The van der Waals surface area contributed by atoms with E-state index < -0.39 is 0 Å². The highest BCUT2D eigenvalue weighted by Crippen LogP contribution is 2.22. The molecule has 0 amide bonds. The van der Waals surface area contributed by atoms with E-state index in [1.807, 2.05) is 0 Å². The van der Waals surface area contributed by atoms with Crippen molar-refractivity contribution >= 4 is 0 Å². The minimum Gasteiger partial charge on any atom is -0.327 e. The zero-order chi connectivity index (χ0) is 10.4. The third kappa shape index (κ3) is 3.97. The zero-order valence-electron chi connectivity index (χ0n) is 9.84. The van der Waals surface area contributed by atoms with Crippen LogP contribution in [0.3, 0.4) is 0 Å². The number of hydrogen-bond donors (Lipinski definition) is 1. The molecule has 2 heteroatoms. The fraction of sp³-hybridized carbons (Fsp3) is 1.00. The Morgan fingerprint density at radius 1 is 1.29 bits per heavy atom. The van der Waals surface area contributed by atoms with E-state index in [-0.39, 0.29) is 0 Å². The lowest BCUT2D eigenvalue weighted by molar-refractivity contribution is 0.149. The monoisotopic (exact) mass is 198 g/mol. The zero-order valence-corrected chi connectivity index (χ0v) is 9.84. The number of hydrogen-bond acceptors (Lipinski definition) is 2. The van der Waals surface area contributed by atoms with Gasteiger partial charge in [-0.15, -0.1) is 0 Å². The molecule has 0 spiro atoms. The second kappa shape index (κ2) is 6.41. The van der Waals surface area contributed by atoms with Gasteiger partial charge in [0.25, 0.3) is 0 Å². The van der Waals surface area contributed by atoms with Crippen LogP contribution in [-0.2, 0) is 0 Å². The summed E-state index contributed by atoms with van der Waals surface area (Å²) in [5.74, 6) is 0. The van der Waals surface area contributed by atoms with Crippen LogP contribution >= 0.6 is 0 Å². The quantitative estimate of drug-likeness (QED) is 0.735. The molecule has 1 rings (SSSR count). The van der Waals surface area contributed by atoms with E-state index in [1.54, 1.807) is 0 Å². The topological polar surface area (TPSA) is 29.3 Å². The summed E-state index contributed by atoms with van der Waals surface area (Å²) in [6.07, 6.45) is 8.32. The maximum Gasteiger partial charge on any atom is 0.0139 e. The Labute approximate surface area is 88.8 Å². The van der Waals surface area contributed by atoms with E-state index in [4.69, 9.17) is 5.73 Å². The minimum atomic E-state index is 0.323. The van der Waals surface area contributed by atoms with Gasteiger partial charge in [0.05, 0.1) is 0 Å². The maximum atomic E-state index is 5.89. The lowest BCUT2D eigenvalue weighted by atomic mass is 9.94. The predicted octanol–water partition coefficient (Wildman–Crippen LogP) is 2.38. The van der Waals surface area contributed by atoms with Crippen molar-refractivity contribution in [3.63, 3.8) is 0 Å². The molecular formula is C12H26N2. The number of nitrogens with two attached hydrogens (primary N) is 1. The summed E-state index contributed by atoms with van der Waals surface area (Å²) < 4.78 is 0. The van der Waals surface area contributed by atoms with Gasteiger partial charge in [-0.25, -0.2) is 0 Å². The highest BCUT2D eigenvalue weighted by Gasteiger charge is 2.20. The Balaban J connectivity index is 2.38. The highest BCUT2D eigenvalue weighted by molar-refractivity contribution is 4.77. The van der Waals surface area contributed by atoms with Gasteiger partial charge in [-0.1, -0.05) is 26.2 Å². The fourth-order valence-electron chi connectivity index (χ4n) is 2.53. The second-order valence-electron chi connectivity index (χ2n) is 4.76. The molecule has 0 aliphatic heterocycles. The van der Waals surface area contributed by atoms with Crippen molar-refractivity contribution in [2.75, 3.05) is 13.1 Å². The van der Waals surface area contributed by atoms with Gasteiger partial charge in [-0.2, -0.15) is 0 Å². The smallest absolute Gasteiger partial charge is 0.0139 e. The number of nitrogens with zero attached hydrogens (tertiary/aromatic N) is 1. The molecule has 1 fully saturated rings. The summed E-state index contributed by atoms with van der Waals surface area (Å²) in [6, 6.07) is 1.15. The SMILES string of the molecule is CCCN(CC(C)N)C1CCCCC1. The van der Waals surface area contributed by atoms with Crippen molar-refractivity contribution in [2.24, 2.45) is 5.73 Å². The Bertz CT molecular complexity index is 139. The van der Waals surface area contributed by atoms with Gasteiger partial charge in [-0.05, 0) is 32.7 Å². The summed E-state index contributed by atoms with van der Waals surface area (Å²) in [5, 5.41) is 0. The first-order valence-corrected chi connectivity index (χ1v) is 6.23. The summed E-state index contributed by atoms with van der Waals surface area (Å²) in [4.78, 5) is 2.61. The van der Waals surface area contributed by atoms with E-state index in [0.717, 1.165) is 12.6 Å². The molecule has 1 unspecified atom stereocenters. The van der Waals surface area contributed by atoms with Gasteiger partial charge in [0.2, 0.25) is 0 Å². The van der Waals surface area contributed by atoms with Crippen molar-refractivity contribution in [3.8, 4) is 0 Å². The van der Waals surface area contributed by atoms with Crippen LogP contribution in [0.4, 0.5) is 0 Å². The van der Waals surface area contributed by atoms with Crippen LogP contribution in [0.25, 0.3) is 0 Å². The average Bonchev–Trinajstić information content (AvgIpc) is 2.18. The molecule has 0 aromatic rings. The molecular weight excluding hydrogens is 172 g/mol. The maximum absolute atomic E-state index is 5.89. The lowest BCUT2D eigenvalue weighted by Gasteiger charge is -2.35. The Morgan fingerprint density at radius 3 is 2.43 bits per heavy atom. The van der Waals surface area contributed by atoms with Crippen LogP contribution in [0.5, 0.6) is 0 Å². The van der Waals surface area contributed by atoms with Crippen molar-refractivity contribution in [1.82, 2.24) is 4.90 Å². The van der Waals surface area contributed by atoms with Crippen LogP contribution in [-0.4, -0.2) is 30.1 Å². The van der Waals surface area contributed by atoms with Crippen molar-refractivity contribution in [2.45, 2.75) is 64.5 Å². The van der Waals surface area contributed by atoms with E-state index in [9.17, 15) is 0 Å². The van der Waals surface area contributed by atoms with E-state index >= 15 is 0 Å². The van der Waals surface area contributed by atoms with Crippen molar-refractivity contribution in [1.29, 1.82) is 0 Å². The van der Waals surface area contributed by atoms with Crippen LogP contribution in [0.1, 0.15) is 52.4 Å². The normalized spacial score (nSPS) is 21.4. The first-order valence-electron chi connectivity index (χ1n) is 6.23. The Hall–Kier alpha value is -0.0800. The standard InChI is InChI=1S/C12H26N2/c1-3-9-14(10-11(2)13)12-7-5-4-6-8-12/h11-12H,3-10,13H2,1-2H3. The molecule has 0 radical (unpaired) electrons. The molecule has 1 aliphatic rings. The lowest BCUT2D eigenvalue weighted by Crippen LogP contribution is -2.43. The molecule has 0 saturated heterocycles. The second-order valence-corrected chi connectivity index (χ2v) is 4.76. The molecule has 2 nitrogen and oxygen atoms in total. The molecule has 1 aliphatic carbocycles. The molecule has 1 saturated carbocycles. The fourth-order valence-corrected chi connectivity index (χ4v) is 2.53. The Morgan fingerprint density at radius 2 is 1.93 bits per heavy atom. The summed E-state index contributed by atoms with van der Waals surface area (Å²) in [6.45, 7) is 6.69. The van der Waals surface area contributed by atoms with Crippen LogP contribution < -0.4 is 5.73 Å². The van der Waals surface area contributed by atoms with Crippen LogP contribution in [0.2, 0.25) is 0 Å². The van der Waals surface area contributed by atoms with Gasteiger partial charge in [0.15, 0.2) is 0 Å². The average molecular weight is 198 g/mol. The van der Waals surface area contributed by atoms with E-state index in [0.29, 0.717) is 6.04 Å². The van der Waals surface area contributed by atoms with Crippen LogP contribution in [0, 0.1) is 0 Å². The third-order valence-corrected chi connectivity index (χ3v) is 3.12. The molecule has 14 heavy (non-hydrogen) atoms. The summed E-state index contributed by atoms with van der Waals surface area (Å²) in [5.41, 5.74) is 5.89. The highest BCUT2D eigenvalue weighted by atomic mass is 15.2. The third-order valence-electron chi connectivity index (χ3n) is 3.12. The first kappa shape index (κ1) is 12.0. The Kier molecular flexibility index (Phi) is 5.49. The van der Waals surface area contributed by atoms with Gasteiger partial charge >= 0.3 is 0 Å². The van der Waals surface area contributed by atoms with Crippen LogP contribution in [0.15, 0.2) is 0 Å². The molecule has 0 heterocycles. The molecule has 0 aromatic carbocycles. The van der Waals surface area contributed by atoms with E-state index in [1.165, 1.54) is 45.1 Å². The summed E-state index contributed by atoms with van der Waals surface area (Å²) >= 11 is 0. The van der Waals surface area contributed by atoms with Gasteiger partial charge < -0.3 is 5.73 Å². The van der Waals surface area contributed by atoms with Crippen molar-refractivity contribution in [3.05, 3.63) is 0 Å². The van der Waals surface area contributed by atoms with Gasteiger partial charge in [0, 0.05) is 18.6 Å². The first-order chi connectivity index (χ1) is 6.74. The largest absolute Gasteiger partial charge is 0.327 e. The molecule has 84 valence electrons. The number of rotatable bonds is 5. The van der Waals surface area contributed by atoms with Crippen molar-refractivity contribution < 1.29 is 0 Å². The van der Waals surface area contributed by atoms with Gasteiger partial charge in [0.1, 0.15) is 0 Å².